The SMILES string of the molecule is OC(c1ccccc1)(c1ccccc1)c1ccccc1-c1ccc2c(-c3ccccc3)c3cc(-c4ccccc4C(O)(c4ccccc4)c4ccccc4)ccc3c(-c3ccccc3)c2c1.c1ccc(-c2c3cc4c(cc3c(-c3ccccc3)c3cc5c(cc23)C(c2ccccc2)(c2ccccc2)c2ccccc2-5)C(c2ccccc2)(c2ccccc2)c2ccccc2-4)cc1. The van der Waals surface area contributed by atoms with Gasteiger partial charge in [-0.25, -0.2) is 0 Å². The van der Waals surface area contributed by atoms with Crippen molar-refractivity contribution in [2.24, 2.45) is 0 Å². The highest BCUT2D eigenvalue weighted by atomic mass is 16.3. The Kier molecular flexibility index (Phi) is 19.7. The highest BCUT2D eigenvalue weighted by Gasteiger charge is 2.49. The first-order valence-electron chi connectivity index (χ1n) is 45.0. The van der Waals surface area contributed by atoms with Crippen LogP contribution in [0.3, 0.4) is 0 Å². The molecule has 2 aliphatic rings. The zero-order valence-electron chi connectivity index (χ0n) is 71.5. The van der Waals surface area contributed by atoms with Crippen LogP contribution in [0.1, 0.15) is 77.9 Å². The molecule has 0 aromatic heterocycles. The Morgan fingerprint density at radius 3 is 0.646 bits per heavy atom. The molecule has 24 rings (SSSR count). The van der Waals surface area contributed by atoms with Crippen LogP contribution >= 0.6 is 0 Å². The average Bonchev–Trinajstić information content (AvgIpc) is 1.49. The number of hydrogen-bond acceptors (Lipinski definition) is 2. The number of hydrogen-bond donors (Lipinski definition) is 2. The monoisotopic (exact) mass is 1660 g/mol. The van der Waals surface area contributed by atoms with Crippen LogP contribution in [0.2, 0.25) is 0 Å². The molecule has 0 heterocycles. The molecule has 0 spiro atoms. The maximum absolute atomic E-state index is 13.2. The average molecular weight is 1660 g/mol. The van der Waals surface area contributed by atoms with E-state index in [1.807, 2.05) is 133 Å². The number of rotatable bonds is 16. The van der Waals surface area contributed by atoms with Crippen molar-refractivity contribution < 1.29 is 10.2 Å². The second-order valence-electron chi connectivity index (χ2n) is 34.4. The Balaban J connectivity index is 0.000000148. The van der Waals surface area contributed by atoms with E-state index in [9.17, 15) is 10.2 Å². The number of benzene rings is 22. The van der Waals surface area contributed by atoms with Gasteiger partial charge in [0, 0.05) is 11.1 Å². The maximum Gasteiger partial charge on any atom is 0.141 e. The number of fused-ring (bicyclic) bond motifs is 10. The summed E-state index contributed by atoms with van der Waals surface area (Å²) in [6.07, 6.45) is 0. The van der Waals surface area contributed by atoms with Crippen LogP contribution in [0.5, 0.6) is 0 Å². The van der Waals surface area contributed by atoms with Crippen molar-refractivity contribution in [1.82, 2.24) is 0 Å². The van der Waals surface area contributed by atoms with Crippen LogP contribution in [-0.2, 0) is 22.0 Å². The predicted octanol–water partition coefficient (Wildman–Crippen LogP) is 31.3. The predicted molar refractivity (Wildman–Crippen MR) is 540 cm³/mol. The molecule has 0 atom stereocenters. The maximum atomic E-state index is 13.2. The Morgan fingerprint density at radius 1 is 0.146 bits per heavy atom. The van der Waals surface area contributed by atoms with E-state index in [1.54, 1.807) is 0 Å². The Bertz CT molecular complexity index is 7340. The first-order chi connectivity index (χ1) is 64.3. The summed E-state index contributed by atoms with van der Waals surface area (Å²) in [7, 11) is 0. The van der Waals surface area contributed by atoms with Gasteiger partial charge < -0.3 is 10.2 Å². The van der Waals surface area contributed by atoms with Gasteiger partial charge in [0.05, 0.1) is 10.8 Å². The van der Waals surface area contributed by atoms with E-state index in [-0.39, 0.29) is 0 Å². The van der Waals surface area contributed by atoms with Gasteiger partial charge in [0.25, 0.3) is 0 Å². The smallest absolute Gasteiger partial charge is 0.141 e. The van der Waals surface area contributed by atoms with Gasteiger partial charge in [0.2, 0.25) is 0 Å². The molecule has 0 amide bonds. The lowest BCUT2D eigenvalue weighted by Gasteiger charge is -2.34. The Hall–Kier alpha value is -16.2. The molecule has 22 aromatic rings. The van der Waals surface area contributed by atoms with Gasteiger partial charge in [-0.1, -0.05) is 485 Å². The zero-order chi connectivity index (χ0) is 86.8. The summed E-state index contributed by atoms with van der Waals surface area (Å²) in [5.74, 6) is 0. The lowest BCUT2D eigenvalue weighted by Crippen LogP contribution is -2.29. The molecule has 612 valence electrons. The van der Waals surface area contributed by atoms with Crippen LogP contribution in [0, 0.1) is 0 Å². The van der Waals surface area contributed by atoms with E-state index >= 15 is 0 Å². The van der Waals surface area contributed by atoms with Crippen molar-refractivity contribution in [3.8, 4) is 89.0 Å². The highest BCUT2D eigenvalue weighted by molar-refractivity contribution is 6.25. The van der Waals surface area contributed by atoms with Crippen LogP contribution < -0.4 is 0 Å². The standard InChI is InChI=1S/C64H46O2.C64H42/c65-63(49-27-11-3-12-28-49,50-29-13-4-14-30-50)59-37-21-19-35-53(59)47-40-42-56-57(43-47)61(45-23-7-1-8-24-45)55-41-39-48(44-58(55)62(56)46-25-9-2-10-26-46)54-36-20-22-38-60(54)64(66,51-31-15-5-16-32-51)52-33-17-6-18-34-52;1-7-23-43(24-8-1)61-53-39-51-49-35-19-21-37-57(49)64(47-31-15-5-16-32-47,48-33-17-6-18-34-48)60(51)42-56(53)62(44-25-9-2-10-26-44)54-40-52-50-36-20-22-38-58(50)63(59(52)41-55(54)61,45-27-11-3-12-28-45)46-29-13-4-14-30-46/h1-44,65-66H;1-42H. The molecule has 0 saturated carbocycles. The summed E-state index contributed by atoms with van der Waals surface area (Å²) < 4.78 is 0. The fourth-order valence-corrected chi connectivity index (χ4v) is 22.1. The minimum atomic E-state index is -1.42. The summed E-state index contributed by atoms with van der Waals surface area (Å²) in [4.78, 5) is 0. The first-order valence-corrected chi connectivity index (χ1v) is 45.0. The quantitative estimate of drug-likeness (QED) is 0.0748. The topological polar surface area (TPSA) is 40.5 Å². The molecule has 0 unspecified atom stereocenters. The van der Waals surface area contributed by atoms with Gasteiger partial charge in [-0.05, 0) is 235 Å². The fourth-order valence-electron chi connectivity index (χ4n) is 22.1. The summed E-state index contributed by atoms with van der Waals surface area (Å²) in [5.41, 5.74) is 29.7. The molecule has 2 aliphatic carbocycles. The van der Waals surface area contributed by atoms with Gasteiger partial charge >= 0.3 is 0 Å². The van der Waals surface area contributed by atoms with Gasteiger partial charge in [0.1, 0.15) is 11.2 Å². The molecule has 0 bridgehead atoms. The van der Waals surface area contributed by atoms with Crippen molar-refractivity contribution >= 4 is 43.1 Å². The van der Waals surface area contributed by atoms with Crippen molar-refractivity contribution in [2.45, 2.75) is 22.0 Å². The Morgan fingerprint density at radius 2 is 0.362 bits per heavy atom. The van der Waals surface area contributed by atoms with Crippen molar-refractivity contribution in [1.29, 1.82) is 0 Å². The highest BCUT2D eigenvalue weighted by Crippen LogP contribution is 2.62. The van der Waals surface area contributed by atoms with E-state index in [0.717, 1.165) is 99.4 Å². The summed E-state index contributed by atoms with van der Waals surface area (Å²) in [6, 6.07) is 187. The van der Waals surface area contributed by atoms with E-state index in [0.29, 0.717) is 0 Å². The molecule has 22 aromatic carbocycles. The van der Waals surface area contributed by atoms with Crippen molar-refractivity contribution in [2.75, 3.05) is 0 Å². The third-order valence-corrected chi connectivity index (χ3v) is 27.7. The lowest BCUT2D eigenvalue weighted by atomic mass is 9.67. The largest absolute Gasteiger partial charge is 0.376 e. The zero-order valence-corrected chi connectivity index (χ0v) is 71.5. The van der Waals surface area contributed by atoms with Crippen molar-refractivity contribution in [3.05, 3.63) is 600 Å². The summed E-state index contributed by atoms with van der Waals surface area (Å²) in [5, 5.41) is 35.8. The van der Waals surface area contributed by atoms with Gasteiger partial charge in [0.15, 0.2) is 0 Å². The van der Waals surface area contributed by atoms with Crippen LogP contribution in [0.25, 0.3) is 132 Å². The molecule has 0 radical (unpaired) electrons. The van der Waals surface area contributed by atoms with E-state index in [1.165, 1.54) is 111 Å². The summed E-state index contributed by atoms with van der Waals surface area (Å²) in [6.45, 7) is 0. The second-order valence-corrected chi connectivity index (χ2v) is 34.4. The van der Waals surface area contributed by atoms with Crippen LogP contribution in [-0.4, -0.2) is 10.2 Å². The van der Waals surface area contributed by atoms with E-state index in [2.05, 4.69) is 388 Å². The second kappa shape index (κ2) is 32.7. The summed E-state index contributed by atoms with van der Waals surface area (Å²) >= 11 is 0. The third kappa shape index (κ3) is 12.6. The van der Waals surface area contributed by atoms with Crippen LogP contribution in [0.4, 0.5) is 0 Å². The van der Waals surface area contributed by atoms with Gasteiger partial charge in [-0.2, -0.15) is 0 Å². The third-order valence-electron chi connectivity index (χ3n) is 27.7. The minimum absolute atomic E-state index is 0.527. The molecule has 2 nitrogen and oxygen atoms in total. The van der Waals surface area contributed by atoms with Gasteiger partial charge in [-0.3, -0.25) is 0 Å². The Labute approximate surface area is 758 Å². The number of aliphatic hydroxyl groups is 2. The van der Waals surface area contributed by atoms with Crippen molar-refractivity contribution in [3.63, 3.8) is 0 Å². The lowest BCUT2D eigenvalue weighted by molar-refractivity contribution is 0.126. The molecule has 2 heteroatoms. The molecule has 0 saturated heterocycles. The molecular formula is C128H88O2. The fraction of sp³-hybridized carbons (Fsp3) is 0.0312. The van der Waals surface area contributed by atoms with Crippen LogP contribution in [0.15, 0.2) is 522 Å². The van der Waals surface area contributed by atoms with E-state index in [4.69, 9.17) is 0 Å². The molecule has 130 heavy (non-hydrogen) atoms. The minimum Gasteiger partial charge on any atom is -0.376 e. The van der Waals surface area contributed by atoms with Gasteiger partial charge in [-0.15, -0.1) is 0 Å². The molecule has 2 N–H and O–H groups in total. The first kappa shape index (κ1) is 78.5. The molecular weight excluding hydrogens is 1570 g/mol. The molecule has 0 fully saturated rings. The normalized spacial score (nSPS) is 12.8. The van der Waals surface area contributed by atoms with E-state index < -0.39 is 22.0 Å². The molecule has 0 aliphatic heterocycles.